The Morgan fingerprint density at radius 1 is 1.06 bits per heavy atom. The van der Waals surface area contributed by atoms with Gasteiger partial charge in [0, 0.05) is 27.9 Å². The lowest BCUT2D eigenvalue weighted by Gasteiger charge is -2.10. The number of rotatable bonds is 5. The molecule has 1 amide bonds. The summed E-state index contributed by atoms with van der Waals surface area (Å²) in [5, 5.41) is 2.64. The van der Waals surface area contributed by atoms with E-state index in [1.807, 2.05) is 0 Å². The quantitative estimate of drug-likeness (QED) is 0.431. The van der Waals surface area contributed by atoms with Gasteiger partial charge in [-0.2, -0.15) is 0 Å². The van der Waals surface area contributed by atoms with Crippen molar-refractivity contribution in [3.05, 3.63) is 98.2 Å². The van der Waals surface area contributed by atoms with Crippen LogP contribution in [0.2, 0.25) is 0 Å². The number of ether oxygens (including phenoxy) is 1. The molecule has 172 valence electrons. The summed E-state index contributed by atoms with van der Waals surface area (Å²) in [5.41, 5.74) is 2.01. The van der Waals surface area contributed by atoms with Crippen molar-refractivity contribution in [1.82, 2.24) is 9.38 Å². The van der Waals surface area contributed by atoms with Crippen LogP contribution in [-0.2, 0) is 24.2 Å². The summed E-state index contributed by atoms with van der Waals surface area (Å²) in [6, 6.07) is 13.0. The zero-order valence-electron chi connectivity index (χ0n) is 18.0. The average Bonchev–Trinajstić information content (AvgIpc) is 3.21. The maximum absolute atomic E-state index is 13.4. The lowest BCUT2D eigenvalue weighted by atomic mass is 10.0. The monoisotopic (exact) mass is 477 g/mol. The molecule has 0 atom stereocenters. The Kier molecular flexibility index (Phi) is 5.93. The smallest absolute Gasteiger partial charge is 0.338 e. The molecule has 7 nitrogen and oxygen atoms in total. The van der Waals surface area contributed by atoms with E-state index in [1.165, 1.54) is 46.5 Å². The van der Waals surface area contributed by atoms with Gasteiger partial charge in [0.05, 0.1) is 11.3 Å². The summed E-state index contributed by atoms with van der Waals surface area (Å²) < 4.78 is 20.4. The number of carbonyl (C=O) groups is 2. The van der Waals surface area contributed by atoms with Crippen molar-refractivity contribution in [2.75, 3.05) is 5.32 Å². The van der Waals surface area contributed by atoms with E-state index in [0.717, 1.165) is 37.4 Å². The van der Waals surface area contributed by atoms with Crippen molar-refractivity contribution in [2.24, 2.45) is 0 Å². The fourth-order valence-electron chi connectivity index (χ4n) is 4.00. The van der Waals surface area contributed by atoms with Gasteiger partial charge >= 0.3 is 5.97 Å². The molecule has 0 spiro atoms. The van der Waals surface area contributed by atoms with Crippen LogP contribution in [0.3, 0.4) is 0 Å². The van der Waals surface area contributed by atoms with Gasteiger partial charge in [0.1, 0.15) is 12.4 Å². The molecule has 5 rings (SSSR count). The number of carbonyl (C=O) groups excluding carboxylic acids is 2. The Morgan fingerprint density at radius 2 is 1.85 bits per heavy atom. The first-order chi connectivity index (χ1) is 16.5. The van der Waals surface area contributed by atoms with Gasteiger partial charge in [-0.1, -0.05) is 12.1 Å². The van der Waals surface area contributed by atoms with Gasteiger partial charge in [-0.25, -0.2) is 14.2 Å². The third-order valence-corrected chi connectivity index (χ3v) is 6.75. The molecule has 1 aliphatic carbocycles. The van der Waals surface area contributed by atoms with E-state index < -0.39 is 17.7 Å². The van der Waals surface area contributed by atoms with Crippen LogP contribution >= 0.6 is 11.3 Å². The molecule has 2 aromatic carbocycles. The lowest BCUT2D eigenvalue weighted by Crippen LogP contribution is -2.18. The number of aryl methyl sites for hydroxylation is 2. The topological polar surface area (TPSA) is 89.8 Å². The van der Waals surface area contributed by atoms with E-state index in [-0.39, 0.29) is 23.3 Å². The molecule has 34 heavy (non-hydrogen) atoms. The number of anilines is 1. The van der Waals surface area contributed by atoms with Crippen molar-refractivity contribution < 1.29 is 18.7 Å². The van der Waals surface area contributed by atoms with Crippen LogP contribution < -0.4 is 10.9 Å². The highest BCUT2D eigenvalue weighted by Gasteiger charge is 2.19. The number of hydrogen-bond donors (Lipinski definition) is 1. The molecule has 0 saturated heterocycles. The minimum Gasteiger partial charge on any atom is -0.456 e. The van der Waals surface area contributed by atoms with Crippen molar-refractivity contribution in [3.63, 3.8) is 0 Å². The molecular formula is C25H20FN3O4S. The average molecular weight is 478 g/mol. The van der Waals surface area contributed by atoms with E-state index in [1.54, 1.807) is 22.6 Å². The first-order valence-corrected chi connectivity index (χ1v) is 11.7. The number of nitrogens with one attached hydrogen (secondary N) is 1. The summed E-state index contributed by atoms with van der Waals surface area (Å²) in [6.45, 7) is -0.146. The summed E-state index contributed by atoms with van der Waals surface area (Å²) in [7, 11) is 0. The molecule has 0 fully saturated rings. The minimum absolute atomic E-state index is 0.146. The number of aromatic nitrogens is 2. The molecule has 2 heterocycles. The predicted molar refractivity (Wildman–Crippen MR) is 126 cm³/mol. The van der Waals surface area contributed by atoms with Crippen LogP contribution in [0.5, 0.6) is 0 Å². The zero-order chi connectivity index (χ0) is 23.7. The number of halogens is 1. The minimum atomic E-state index is -0.616. The van der Waals surface area contributed by atoms with Crippen molar-refractivity contribution >= 4 is 33.9 Å². The Balaban J connectivity index is 1.28. The van der Waals surface area contributed by atoms with Crippen LogP contribution in [0.25, 0.3) is 4.96 Å². The third kappa shape index (κ3) is 4.47. The fraction of sp³-hybridized carbons (Fsp3) is 0.200. The molecule has 1 N–H and O–H groups in total. The van der Waals surface area contributed by atoms with Gasteiger partial charge < -0.3 is 10.1 Å². The highest BCUT2D eigenvalue weighted by atomic mass is 32.1. The lowest BCUT2D eigenvalue weighted by molar-refractivity contribution is 0.0467. The Hall–Kier alpha value is -3.85. The molecule has 2 aromatic heterocycles. The molecule has 1 aliphatic rings. The SMILES string of the molecule is O=C(Nc1cccc(C(=O)OCc2cc(=O)n3c4c(sc3n2)CCCC4)c1)c1cccc(F)c1. The molecule has 0 bridgehead atoms. The highest BCUT2D eigenvalue weighted by Crippen LogP contribution is 2.28. The van der Waals surface area contributed by atoms with Gasteiger partial charge in [0.15, 0.2) is 4.96 Å². The van der Waals surface area contributed by atoms with Crippen molar-refractivity contribution in [1.29, 1.82) is 0 Å². The number of thiazole rings is 1. The van der Waals surface area contributed by atoms with E-state index >= 15 is 0 Å². The molecular weight excluding hydrogens is 457 g/mol. The Morgan fingerprint density at radius 3 is 2.71 bits per heavy atom. The number of esters is 1. The first-order valence-electron chi connectivity index (χ1n) is 10.9. The van der Waals surface area contributed by atoms with Gasteiger partial charge in [-0.15, -0.1) is 11.3 Å². The van der Waals surface area contributed by atoms with Gasteiger partial charge in [-0.05, 0) is 62.1 Å². The normalized spacial score (nSPS) is 12.9. The summed E-state index contributed by atoms with van der Waals surface area (Å²) in [6.07, 6.45) is 4.00. The number of benzene rings is 2. The van der Waals surface area contributed by atoms with Crippen LogP contribution in [0.15, 0.2) is 59.4 Å². The zero-order valence-corrected chi connectivity index (χ0v) is 18.9. The predicted octanol–water partition coefficient (Wildman–Crippen LogP) is 4.38. The van der Waals surface area contributed by atoms with Gasteiger partial charge in [-0.3, -0.25) is 14.0 Å². The summed E-state index contributed by atoms with van der Waals surface area (Å²) >= 11 is 1.51. The van der Waals surface area contributed by atoms with E-state index in [9.17, 15) is 18.8 Å². The third-order valence-electron chi connectivity index (χ3n) is 5.61. The number of nitrogens with zero attached hydrogens (tertiary/aromatic N) is 2. The molecule has 0 aliphatic heterocycles. The van der Waals surface area contributed by atoms with Gasteiger partial charge in [0.25, 0.3) is 11.5 Å². The van der Waals surface area contributed by atoms with Crippen LogP contribution in [0.1, 0.15) is 49.8 Å². The van der Waals surface area contributed by atoms with Crippen molar-refractivity contribution in [2.45, 2.75) is 32.3 Å². The van der Waals surface area contributed by atoms with Crippen LogP contribution in [0, 0.1) is 5.82 Å². The molecule has 0 unspecified atom stereocenters. The van der Waals surface area contributed by atoms with E-state index in [0.29, 0.717) is 16.3 Å². The second-order valence-electron chi connectivity index (χ2n) is 8.00. The van der Waals surface area contributed by atoms with Crippen molar-refractivity contribution in [3.8, 4) is 0 Å². The second kappa shape index (κ2) is 9.18. The first kappa shape index (κ1) is 22.0. The van der Waals surface area contributed by atoms with Crippen LogP contribution in [0.4, 0.5) is 10.1 Å². The molecule has 0 saturated carbocycles. The largest absolute Gasteiger partial charge is 0.456 e. The fourth-order valence-corrected chi connectivity index (χ4v) is 5.23. The number of hydrogen-bond acceptors (Lipinski definition) is 6. The standard InChI is InChI=1S/C25H20FN3O4S/c26-17-7-3-5-15(11-17)23(31)27-18-8-4-6-16(12-18)24(32)33-14-19-13-22(30)29-20-9-1-2-10-21(20)34-25(29)28-19/h3-8,11-13H,1-2,9-10,14H2,(H,27,31). The Labute approximate surface area is 197 Å². The summed E-state index contributed by atoms with van der Waals surface area (Å²) in [4.78, 5) is 43.9. The maximum Gasteiger partial charge on any atom is 0.338 e. The molecule has 9 heteroatoms. The maximum atomic E-state index is 13.4. The highest BCUT2D eigenvalue weighted by molar-refractivity contribution is 7.17. The molecule has 4 aromatic rings. The molecule has 0 radical (unpaired) electrons. The van der Waals surface area contributed by atoms with E-state index in [2.05, 4.69) is 10.3 Å². The number of amides is 1. The van der Waals surface area contributed by atoms with Gasteiger partial charge in [0.2, 0.25) is 0 Å². The Bertz CT molecular complexity index is 1480. The second-order valence-corrected chi connectivity index (χ2v) is 9.07. The van der Waals surface area contributed by atoms with E-state index in [4.69, 9.17) is 4.74 Å². The van der Waals surface area contributed by atoms with Crippen LogP contribution in [-0.4, -0.2) is 21.3 Å². The number of fused-ring (bicyclic) bond motifs is 3. The summed E-state index contributed by atoms with van der Waals surface area (Å²) in [5.74, 6) is -1.63.